The number of carbonyl (C=O) groups excluding carboxylic acids is 4. The van der Waals surface area contributed by atoms with Crippen LogP contribution in [-0.2, 0) is 35.6 Å². The van der Waals surface area contributed by atoms with Crippen molar-refractivity contribution in [2.75, 3.05) is 18.9 Å². The molecule has 0 spiro atoms. The Balaban J connectivity index is 1.21. The van der Waals surface area contributed by atoms with E-state index in [0.717, 1.165) is 42.5 Å². The van der Waals surface area contributed by atoms with Gasteiger partial charge in [-0.1, -0.05) is 37.3 Å². The minimum atomic E-state index is -3.84. The summed E-state index contributed by atoms with van der Waals surface area (Å²) in [6.45, 7) is 4.45. The number of sulfonamides is 1. The summed E-state index contributed by atoms with van der Waals surface area (Å²) < 4.78 is 33.4. The number of aromatic nitrogens is 1. The molecule has 0 bridgehead atoms. The fourth-order valence-corrected chi connectivity index (χ4v) is 8.36. The Kier molecular flexibility index (Phi) is 9.83. The van der Waals surface area contributed by atoms with Gasteiger partial charge < -0.3 is 15.0 Å². The maximum Gasteiger partial charge on any atom is 0.411 e. The van der Waals surface area contributed by atoms with Gasteiger partial charge in [-0.3, -0.25) is 29.4 Å². The van der Waals surface area contributed by atoms with Crippen LogP contribution in [0.25, 0.3) is 11.3 Å². The van der Waals surface area contributed by atoms with Crippen LogP contribution in [0.4, 0.5) is 10.5 Å². The molecule has 1 aromatic heterocycles. The van der Waals surface area contributed by atoms with Gasteiger partial charge in [0.1, 0.15) is 11.6 Å². The SMILES string of the molecule is CCc1cccc(-c2ccc(C)cc2NC(=O)O[C@@H]2C[C@H]3C(=O)N[C@]4(C(=O)NS(=O)(=O)C5CC5)C[C@H]4/C=C\CCCCN(C)C(=O)[C@@H]3C2)n1. The van der Waals surface area contributed by atoms with Crippen molar-refractivity contribution < 1.29 is 32.3 Å². The molecule has 1 aromatic carbocycles. The number of hydrogen-bond donors (Lipinski definition) is 3. The van der Waals surface area contributed by atoms with Crippen molar-refractivity contribution >= 4 is 39.5 Å². The molecule has 1 aliphatic heterocycles. The van der Waals surface area contributed by atoms with Crippen LogP contribution >= 0.6 is 0 Å². The molecule has 3 N–H and O–H groups in total. The van der Waals surface area contributed by atoms with E-state index in [9.17, 15) is 27.6 Å². The van der Waals surface area contributed by atoms with Crippen molar-refractivity contribution in [3.8, 4) is 11.3 Å². The topological polar surface area (TPSA) is 164 Å². The molecule has 49 heavy (non-hydrogen) atoms. The van der Waals surface area contributed by atoms with Crippen LogP contribution in [0.5, 0.6) is 0 Å². The molecule has 3 saturated carbocycles. The number of fused-ring (bicyclic) bond motifs is 2. The van der Waals surface area contributed by atoms with Gasteiger partial charge in [-0.2, -0.15) is 0 Å². The highest BCUT2D eigenvalue weighted by Gasteiger charge is 2.62. The largest absolute Gasteiger partial charge is 0.446 e. The van der Waals surface area contributed by atoms with Crippen LogP contribution in [0, 0.1) is 24.7 Å². The second kappa shape index (κ2) is 13.9. The number of pyridine rings is 1. The van der Waals surface area contributed by atoms with Crippen LogP contribution in [0.15, 0.2) is 48.6 Å². The van der Waals surface area contributed by atoms with Crippen LogP contribution in [0.1, 0.15) is 69.5 Å². The number of ether oxygens (including phenoxy) is 1. The van der Waals surface area contributed by atoms with E-state index in [4.69, 9.17) is 9.72 Å². The van der Waals surface area contributed by atoms with E-state index in [1.54, 1.807) is 11.9 Å². The maximum absolute atomic E-state index is 14.0. The van der Waals surface area contributed by atoms with Gasteiger partial charge in [-0.05, 0) is 88.5 Å². The highest BCUT2D eigenvalue weighted by atomic mass is 32.2. The van der Waals surface area contributed by atoms with Crippen molar-refractivity contribution in [3.63, 3.8) is 0 Å². The van der Waals surface area contributed by atoms with E-state index in [0.29, 0.717) is 30.8 Å². The molecule has 5 atom stereocenters. The van der Waals surface area contributed by atoms with Gasteiger partial charge in [0, 0.05) is 30.8 Å². The molecule has 13 heteroatoms. The summed E-state index contributed by atoms with van der Waals surface area (Å²) in [5.74, 6) is -3.57. The zero-order chi connectivity index (χ0) is 34.9. The Morgan fingerprint density at radius 3 is 2.63 bits per heavy atom. The molecular formula is C36H45N5O7S. The molecule has 12 nitrogen and oxygen atoms in total. The fraction of sp³-hybridized carbons (Fsp3) is 0.528. The number of allylic oxidation sites excluding steroid dienone is 1. The van der Waals surface area contributed by atoms with Gasteiger partial charge in [-0.15, -0.1) is 0 Å². The van der Waals surface area contributed by atoms with E-state index in [1.165, 1.54) is 0 Å². The lowest BCUT2D eigenvalue weighted by Gasteiger charge is -2.26. The number of nitrogens with one attached hydrogen (secondary N) is 3. The number of nitrogens with zero attached hydrogens (tertiary/aromatic N) is 2. The standard InChI is InChI=1S/C36H45N5O7S/c1-4-24-11-9-12-30(37-24)27-16-13-22(2)18-31(27)38-35(45)48-25-19-28-29(20-25)33(43)41(3)17-8-6-5-7-10-23-21-36(23,39-32(28)42)34(44)40-49(46,47)26-14-15-26/h7,9-13,16,18,23,25-26,28-29H,4-6,8,14-15,17,19-21H2,1-3H3,(H,38,45)(H,39,42)(H,40,44)/b10-7-/t23-,25-,28-,29-,36-/m1/s1. The third-order valence-electron chi connectivity index (χ3n) is 10.1. The van der Waals surface area contributed by atoms with Crippen LogP contribution in [0.2, 0.25) is 0 Å². The van der Waals surface area contributed by atoms with Crippen molar-refractivity contribution in [2.45, 2.75) is 88.5 Å². The first-order valence-corrected chi connectivity index (χ1v) is 18.8. The Labute approximate surface area is 287 Å². The van der Waals surface area contributed by atoms with E-state index >= 15 is 0 Å². The Hall–Kier alpha value is -4.26. The summed E-state index contributed by atoms with van der Waals surface area (Å²) in [5, 5.41) is 5.12. The molecule has 2 aromatic rings. The Bertz CT molecular complexity index is 1770. The Morgan fingerprint density at radius 2 is 1.88 bits per heavy atom. The lowest BCUT2D eigenvalue weighted by molar-refractivity contribution is -0.140. The van der Waals surface area contributed by atoms with Crippen molar-refractivity contribution in [1.29, 1.82) is 0 Å². The number of benzene rings is 1. The van der Waals surface area contributed by atoms with Gasteiger partial charge in [0.2, 0.25) is 21.8 Å². The minimum Gasteiger partial charge on any atom is -0.446 e. The number of carbonyl (C=O) groups is 4. The van der Waals surface area contributed by atoms with Gasteiger partial charge in [-0.25, -0.2) is 13.2 Å². The van der Waals surface area contributed by atoms with Crippen molar-refractivity contribution in [1.82, 2.24) is 19.9 Å². The average molecular weight is 692 g/mol. The lowest BCUT2D eigenvalue weighted by atomic mass is 9.93. The smallest absolute Gasteiger partial charge is 0.411 e. The number of anilines is 1. The first kappa shape index (κ1) is 34.6. The molecule has 3 aliphatic carbocycles. The molecule has 0 radical (unpaired) electrons. The van der Waals surface area contributed by atoms with Crippen LogP contribution in [0.3, 0.4) is 0 Å². The van der Waals surface area contributed by atoms with E-state index in [-0.39, 0.29) is 31.1 Å². The zero-order valence-corrected chi connectivity index (χ0v) is 29.1. The van der Waals surface area contributed by atoms with Gasteiger partial charge >= 0.3 is 6.09 Å². The molecule has 0 unspecified atom stereocenters. The molecule has 262 valence electrons. The minimum absolute atomic E-state index is 0.0723. The van der Waals surface area contributed by atoms with Gasteiger partial charge in [0.25, 0.3) is 5.91 Å². The third kappa shape index (κ3) is 7.66. The molecule has 2 heterocycles. The Morgan fingerprint density at radius 1 is 1.10 bits per heavy atom. The second-order valence-corrected chi connectivity index (χ2v) is 15.8. The van der Waals surface area contributed by atoms with Gasteiger partial charge in [0.15, 0.2) is 0 Å². The van der Waals surface area contributed by atoms with Crippen LogP contribution in [-0.4, -0.2) is 72.6 Å². The quantitative estimate of drug-likeness (QED) is 0.363. The predicted octanol–water partition coefficient (Wildman–Crippen LogP) is 4.24. The average Bonchev–Trinajstić information content (AvgIpc) is 3.99. The zero-order valence-electron chi connectivity index (χ0n) is 28.2. The summed E-state index contributed by atoms with van der Waals surface area (Å²) in [6.07, 6.45) is 6.87. The van der Waals surface area contributed by atoms with Crippen molar-refractivity contribution in [2.24, 2.45) is 17.8 Å². The number of amides is 4. The second-order valence-electron chi connectivity index (χ2n) is 13.9. The van der Waals surface area contributed by atoms with E-state index in [1.807, 2.05) is 62.4 Å². The summed E-state index contributed by atoms with van der Waals surface area (Å²) in [4.78, 5) is 60.9. The highest BCUT2D eigenvalue weighted by molar-refractivity contribution is 7.91. The van der Waals surface area contributed by atoms with Crippen LogP contribution < -0.4 is 15.4 Å². The highest BCUT2D eigenvalue weighted by Crippen LogP contribution is 2.47. The summed E-state index contributed by atoms with van der Waals surface area (Å²) >= 11 is 0. The summed E-state index contributed by atoms with van der Waals surface area (Å²) in [6, 6.07) is 11.4. The summed E-state index contributed by atoms with van der Waals surface area (Å²) in [5.41, 5.74) is 2.38. The lowest BCUT2D eigenvalue weighted by Crippen LogP contribution is -2.54. The number of rotatable bonds is 7. The maximum atomic E-state index is 14.0. The first-order valence-electron chi connectivity index (χ1n) is 17.2. The molecule has 3 fully saturated rings. The molecule has 4 aliphatic rings. The fourth-order valence-electron chi connectivity index (χ4n) is 6.99. The third-order valence-corrected chi connectivity index (χ3v) is 11.9. The normalized spacial score (nSPS) is 27.9. The number of hydrogen-bond acceptors (Lipinski definition) is 8. The number of aryl methyl sites for hydroxylation is 2. The molecule has 4 amide bonds. The summed E-state index contributed by atoms with van der Waals surface area (Å²) in [7, 11) is -2.14. The van der Waals surface area contributed by atoms with E-state index < -0.39 is 56.7 Å². The predicted molar refractivity (Wildman–Crippen MR) is 184 cm³/mol. The monoisotopic (exact) mass is 691 g/mol. The van der Waals surface area contributed by atoms with Crippen molar-refractivity contribution in [3.05, 3.63) is 59.8 Å². The van der Waals surface area contributed by atoms with E-state index in [2.05, 4.69) is 15.4 Å². The van der Waals surface area contributed by atoms with Gasteiger partial charge in [0.05, 0.1) is 28.5 Å². The molecule has 0 saturated heterocycles. The molecular weight excluding hydrogens is 646 g/mol. The molecule has 6 rings (SSSR count). The first-order chi connectivity index (χ1) is 23.4.